The largest absolute Gasteiger partial charge is 0.311 e. The highest BCUT2D eigenvalue weighted by atomic mass is 15.1. The van der Waals surface area contributed by atoms with Gasteiger partial charge in [-0.15, -0.1) is 0 Å². The van der Waals surface area contributed by atoms with E-state index in [1.807, 2.05) is 0 Å². The molecule has 0 radical (unpaired) electrons. The third kappa shape index (κ3) is 5.74. The second-order valence-corrected chi connectivity index (χ2v) is 15.7. The quantitative estimate of drug-likeness (QED) is 0.142. The molecule has 0 spiro atoms. The maximum atomic E-state index is 2.49. The Morgan fingerprint density at radius 1 is 0.295 bits per heavy atom. The van der Waals surface area contributed by atoms with Gasteiger partial charge in [-0.2, -0.15) is 0 Å². The minimum absolute atomic E-state index is 1.11. The zero-order valence-corrected chi connectivity index (χ0v) is 33.4. The molecule has 1 aromatic heterocycles. The van der Waals surface area contributed by atoms with E-state index in [1.54, 1.807) is 0 Å². The lowest BCUT2D eigenvalue weighted by Crippen LogP contribution is -2.09. The van der Waals surface area contributed by atoms with Gasteiger partial charge in [0.1, 0.15) is 0 Å². The minimum Gasteiger partial charge on any atom is -0.311 e. The fourth-order valence-corrected chi connectivity index (χ4v) is 9.59. The molecular weight excluding hydrogens is 739 g/mol. The van der Waals surface area contributed by atoms with Gasteiger partial charge in [0.25, 0.3) is 0 Å². The lowest BCUT2D eigenvalue weighted by atomic mass is 9.89. The molecule has 286 valence electrons. The molecule has 0 saturated carbocycles. The second-order valence-electron chi connectivity index (χ2n) is 15.7. The van der Waals surface area contributed by atoms with E-state index in [9.17, 15) is 0 Å². The predicted octanol–water partition coefficient (Wildman–Crippen LogP) is 16.3. The van der Waals surface area contributed by atoms with Crippen molar-refractivity contribution in [1.29, 1.82) is 0 Å². The molecule has 0 fully saturated rings. The Bertz CT molecular complexity index is 3410. The molecule has 0 atom stereocenters. The summed E-state index contributed by atoms with van der Waals surface area (Å²) in [4.78, 5) is 4.66. The van der Waals surface area contributed by atoms with E-state index in [-0.39, 0.29) is 0 Å². The van der Waals surface area contributed by atoms with Crippen LogP contribution in [0.15, 0.2) is 237 Å². The van der Waals surface area contributed by atoms with Gasteiger partial charge < -0.3 is 14.4 Å². The van der Waals surface area contributed by atoms with E-state index in [0.717, 1.165) is 39.8 Å². The van der Waals surface area contributed by atoms with Gasteiger partial charge in [0.05, 0.1) is 11.0 Å². The molecule has 0 N–H and O–H groups in total. The predicted molar refractivity (Wildman–Crippen MR) is 259 cm³/mol. The van der Waals surface area contributed by atoms with Crippen molar-refractivity contribution in [1.82, 2.24) is 4.57 Å². The molecule has 0 saturated heterocycles. The summed E-state index contributed by atoms with van der Waals surface area (Å²) in [5.41, 5.74) is 12.7. The normalized spacial score (nSPS) is 11.6. The van der Waals surface area contributed by atoms with Crippen molar-refractivity contribution in [3.8, 4) is 16.8 Å². The van der Waals surface area contributed by atoms with Crippen LogP contribution in [0.25, 0.3) is 70.9 Å². The van der Waals surface area contributed by atoms with Crippen LogP contribution < -0.4 is 9.80 Å². The number of benzene rings is 11. The minimum atomic E-state index is 1.11. The number of rotatable bonds is 8. The first-order chi connectivity index (χ1) is 30.3. The Labute approximate surface area is 354 Å². The van der Waals surface area contributed by atoms with E-state index in [0.29, 0.717) is 0 Å². The molecule has 12 rings (SSSR count). The standard InChI is InChI=1S/C58H39N3/c1-6-16-43(17-7-1)59(44-18-8-2-9-19-44)48-31-26-40(27-32-48)50-34-28-41-29-36-53-57-42(30-35-52(50)56(41)57)38-54-51-37-33-49(39-55(51)61(58(53)54)47-24-14-5-15-25-47)60(45-20-10-3-11-21-45)46-22-12-4-13-23-46/h1-39H. The number of para-hydroxylation sites is 5. The number of hydrogen-bond donors (Lipinski definition) is 0. The molecule has 0 aliphatic rings. The first-order valence-corrected chi connectivity index (χ1v) is 20.9. The van der Waals surface area contributed by atoms with Crippen LogP contribution in [-0.2, 0) is 0 Å². The summed E-state index contributed by atoms with van der Waals surface area (Å²) in [5.74, 6) is 0. The van der Waals surface area contributed by atoms with Gasteiger partial charge in [-0.05, 0) is 129 Å². The average molecular weight is 778 g/mol. The van der Waals surface area contributed by atoms with Crippen LogP contribution in [0.4, 0.5) is 34.1 Å². The maximum Gasteiger partial charge on any atom is 0.0620 e. The van der Waals surface area contributed by atoms with Crippen LogP contribution in [0.2, 0.25) is 0 Å². The van der Waals surface area contributed by atoms with Crippen LogP contribution in [0, 0.1) is 0 Å². The average Bonchev–Trinajstić information content (AvgIpc) is 3.66. The van der Waals surface area contributed by atoms with Crippen molar-refractivity contribution in [2.24, 2.45) is 0 Å². The summed E-state index contributed by atoms with van der Waals surface area (Å²) in [6.45, 7) is 0. The first kappa shape index (κ1) is 34.9. The number of nitrogens with zero attached hydrogens (tertiary/aromatic N) is 3. The van der Waals surface area contributed by atoms with Gasteiger partial charge in [-0.3, -0.25) is 0 Å². The topological polar surface area (TPSA) is 11.4 Å². The highest BCUT2D eigenvalue weighted by Gasteiger charge is 2.22. The number of aromatic nitrogens is 1. The lowest BCUT2D eigenvalue weighted by Gasteiger charge is -2.25. The molecule has 1 heterocycles. The number of fused-ring (bicyclic) bond motifs is 4. The van der Waals surface area contributed by atoms with Gasteiger partial charge >= 0.3 is 0 Å². The first-order valence-electron chi connectivity index (χ1n) is 20.9. The van der Waals surface area contributed by atoms with Crippen molar-refractivity contribution in [3.63, 3.8) is 0 Å². The van der Waals surface area contributed by atoms with Gasteiger partial charge in [0.15, 0.2) is 0 Å². The SMILES string of the molecule is c1ccc(N(c2ccccc2)c2ccc(-c3ccc4ccc5c6c(ccc3c46)cc3c4ccc(N(c6ccccc6)c6ccccc6)cc4n(-c4ccccc4)c35)cc2)cc1. The Morgan fingerprint density at radius 3 is 1.33 bits per heavy atom. The van der Waals surface area contributed by atoms with Crippen LogP contribution in [-0.4, -0.2) is 4.57 Å². The summed E-state index contributed by atoms with van der Waals surface area (Å²) in [5, 5.41) is 10.1. The van der Waals surface area contributed by atoms with Crippen molar-refractivity contribution in [3.05, 3.63) is 237 Å². The van der Waals surface area contributed by atoms with Crippen LogP contribution in [0.3, 0.4) is 0 Å². The molecule has 0 bridgehead atoms. The number of hydrogen-bond acceptors (Lipinski definition) is 2. The van der Waals surface area contributed by atoms with E-state index in [4.69, 9.17) is 0 Å². The Hall–Kier alpha value is -8.14. The summed E-state index contributed by atoms with van der Waals surface area (Å²) >= 11 is 0. The molecule has 3 heteroatoms. The highest BCUT2D eigenvalue weighted by molar-refractivity contribution is 6.33. The fraction of sp³-hybridized carbons (Fsp3) is 0. The van der Waals surface area contributed by atoms with Gasteiger partial charge in [0, 0.05) is 56.0 Å². The molecule has 0 aliphatic heterocycles. The van der Waals surface area contributed by atoms with Crippen molar-refractivity contribution in [2.45, 2.75) is 0 Å². The monoisotopic (exact) mass is 777 g/mol. The zero-order chi connectivity index (χ0) is 40.3. The Morgan fingerprint density at radius 2 is 0.738 bits per heavy atom. The molecule has 12 aromatic rings. The Balaban J connectivity index is 1.06. The van der Waals surface area contributed by atoms with E-state index in [2.05, 4.69) is 251 Å². The third-order valence-electron chi connectivity index (χ3n) is 12.3. The maximum absolute atomic E-state index is 2.49. The van der Waals surface area contributed by atoms with Crippen LogP contribution in [0.1, 0.15) is 0 Å². The molecule has 0 unspecified atom stereocenters. The van der Waals surface area contributed by atoms with E-state index in [1.165, 1.54) is 65.3 Å². The summed E-state index contributed by atoms with van der Waals surface area (Å²) in [6.07, 6.45) is 0. The highest BCUT2D eigenvalue weighted by Crippen LogP contribution is 2.46. The fourth-order valence-electron chi connectivity index (χ4n) is 9.59. The molecular formula is C58H39N3. The smallest absolute Gasteiger partial charge is 0.0620 e. The van der Waals surface area contributed by atoms with Crippen LogP contribution >= 0.6 is 0 Å². The van der Waals surface area contributed by atoms with E-state index < -0.39 is 0 Å². The van der Waals surface area contributed by atoms with Gasteiger partial charge in [-0.1, -0.05) is 146 Å². The Kier molecular flexibility index (Phi) is 8.17. The molecule has 0 amide bonds. The van der Waals surface area contributed by atoms with Gasteiger partial charge in [-0.25, -0.2) is 0 Å². The zero-order valence-electron chi connectivity index (χ0n) is 33.4. The number of anilines is 6. The van der Waals surface area contributed by atoms with Gasteiger partial charge in [0.2, 0.25) is 0 Å². The van der Waals surface area contributed by atoms with Crippen LogP contribution in [0.5, 0.6) is 0 Å². The molecule has 0 aliphatic carbocycles. The van der Waals surface area contributed by atoms with E-state index >= 15 is 0 Å². The molecule has 61 heavy (non-hydrogen) atoms. The van der Waals surface area contributed by atoms with Crippen molar-refractivity contribution in [2.75, 3.05) is 9.80 Å². The van der Waals surface area contributed by atoms with Crippen molar-refractivity contribution >= 4 is 88.2 Å². The third-order valence-corrected chi connectivity index (χ3v) is 12.3. The second kappa shape index (κ2) is 14.3. The van der Waals surface area contributed by atoms with Crippen molar-refractivity contribution < 1.29 is 0 Å². The molecule has 3 nitrogen and oxygen atoms in total. The lowest BCUT2D eigenvalue weighted by molar-refractivity contribution is 1.18. The summed E-state index contributed by atoms with van der Waals surface area (Å²) in [7, 11) is 0. The summed E-state index contributed by atoms with van der Waals surface area (Å²) in [6, 6.07) is 85.7. The summed E-state index contributed by atoms with van der Waals surface area (Å²) < 4.78 is 2.49. The molecule has 11 aromatic carbocycles.